The summed E-state index contributed by atoms with van der Waals surface area (Å²) in [5.74, 6) is -0.737. The highest BCUT2D eigenvalue weighted by molar-refractivity contribution is 5.66. The number of carbonyl (C=O) groups is 1. The van der Waals surface area contributed by atoms with Gasteiger partial charge in [0.1, 0.15) is 0 Å². The molecule has 0 aromatic rings. The third-order valence-electron chi connectivity index (χ3n) is 2.76. The molecule has 0 aliphatic carbocycles. The maximum absolute atomic E-state index is 10.6. The molecule has 0 rings (SSSR count). The van der Waals surface area contributed by atoms with Gasteiger partial charge in [-0.3, -0.25) is 9.69 Å². The third kappa shape index (κ3) is 8.89. The van der Waals surface area contributed by atoms with Crippen molar-refractivity contribution in [1.82, 2.24) is 9.80 Å². The summed E-state index contributed by atoms with van der Waals surface area (Å²) in [4.78, 5) is 15.1. The van der Waals surface area contributed by atoms with Crippen LogP contribution in [-0.2, 0) is 4.79 Å². The fraction of sp³-hybridized carbons (Fsp3) is 0.769. The van der Waals surface area contributed by atoms with E-state index in [2.05, 4.69) is 30.2 Å². The van der Waals surface area contributed by atoms with Crippen molar-refractivity contribution in [1.29, 1.82) is 0 Å². The van der Waals surface area contributed by atoms with Gasteiger partial charge < -0.3 is 10.0 Å². The van der Waals surface area contributed by atoms with Crippen molar-refractivity contribution in [3.8, 4) is 0 Å². The van der Waals surface area contributed by atoms with E-state index in [4.69, 9.17) is 5.11 Å². The molecule has 100 valence electrons. The number of likely N-dealkylation sites (N-methyl/N-ethyl adjacent to an activating group) is 1. The summed E-state index contributed by atoms with van der Waals surface area (Å²) in [6.45, 7) is 15.5. The minimum absolute atomic E-state index is 0.200. The van der Waals surface area contributed by atoms with Gasteiger partial charge in [0.05, 0.1) is 6.42 Å². The van der Waals surface area contributed by atoms with Crippen molar-refractivity contribution in [2.24, 2.45) is 0 Å². The molecule has 4 heteroatoms. The Hall–Kier alpha value is -0.870. The number of rotatable bonds is 10. The number of hydrogen-bond acceptors (Lipinski definition) is 3. The van der Waals surface area contributed by atoms with Crippen LogP contribution >= 0.6 is 0 Å². The summed E-state index contributed by atoms with van der Waals surface area (Å²) in [5, 5.41) is 8.71. The maximum atomic E-state index is 10.6. The van der Waals surface area contributed by atoms with Gasteiger partial charge >= 0.3 is 5.97 Å². The van der Waals surface area contributed by atoms with Crippen molar-refractivity contribution in [2.45, 2.75) is 27.2 Å². The highest BCUT2D eigenvalue weighted by Gasteiger charge is 2.09. The molecular weight excluding hydrogens is 216 g/mol. The molecule has 0 amide bonds. The van der Waals surface area contributed by atoms with Crippen molar-refractivity contribution < 1.29 is 9.90 Å². The SMILES string of the molecule is C=C(C)CN(CCC(=O)O)CCN(CC)CC. The first-order valence-electron chi connectivity index (χ1n) is 6.30. The Bertz CT molecular complexity index is 238. The predicted octanol–water partition coefficient (Wildman–Crippen LogP) is 1.68. The van der Waals surface area contributed by atoms with Gasteiger partial charge in [-0.15, -0.1) is 0 Å². The van der Waals surface area contributed by atoms with Crippen LogP contribution in [0.5, 0.6) is 0 Å². The lowest BCUT2D eigenvalue weighted by atomic mass is 10.3. The van der Waals surface area contributed by atoms with Crippen LogP contribution in [-0.4, -0.2) is 60.1 Å². The monoisotopic (exact) mass is 242 g/mol. The summed E-state index contributed by atoms with van der Waals surface area (Å²) in [6.07, 6.45) is 0.200. The summed E-state index contributed by atoms with van der Waals surface area (Å²) in [7, 11) is 0. The minimum Gasteiger partial charge on any atom is -0.481 e. The van der Waals surface area contributed by atoms with Crippen LogP contribution in [0.1, 0.15) is 27.2 Å². The van der Waals surface area contributed by atoms with Crippen molar-refractivity contribution in [2.75, 3.05) is 39.3 Å². The van der Waals surface area contributed by atoms with E-state index in [-0.39, 0.29) is 6.42 Å². The fourth-order valence-corrected chi connectivity index (χ4v) is 1.73. The lowest BCUT2D eigenvalue weighted by Gasteiger charge is -2.25. The van der Waals surface area contributed by atoms with Crippen LogP contribution in [0.2, 0.25) is 0 Å². The fourth-order valence-electron chi connectivity index (χ4n) is 1.73. The molecule has 0 fully saturated rings. The molecule has 0 radical (unpaired) electrons. The van der Waals surface area contributed by atoms with Gasteiger partial charge in [0, 0.05) is 26.2 Å². The minimum atomic E-state index is -0.737. The topological polar surface area (TPSA) is 43.8 Å². The zero-order valence-electron chi connectivity index (χ0n) is 11.4. The second kappa shape index (κ2) is 9.19. The molecule has 0 heterocycles. The van der Waals surface area contributed by atoms with Crippen LogP contribution in [0, 0.1) is 0 Å². The molecule has 0 aliphatic rings. The lowest BCUT2D eigenvalue weighted by Crippen LogP contribution is -2.37. The van der Waals surface area contributed by atoms with E-state index in [9.17, 15) is 4.79 Å². The summed E-state index contributed by atoms with van der Waals surface area (Å²) in [6, 6.07) is 0. The Labute approximate surface area is 105 Å². The summed E-state index contributed by atoms with van der Waals surface area (Å²) < 4.78 is 0. The van der Waals surface area contributed by atoms with Crippen molar-refractivity contribution in [3.05, 3.63) is 12.2 Å². The van der Waals surface area contributed by atoms with Crippen LogP contribution < -0.4 is 0 Å². The van der Waals surface area contributed by atoms with Crippen molar-refractivity contribution in [3.63, 3.8) is 0 Å². The Morgan fingerprint density at radius 3 is 2.06 bits per heavy atom. The smallest absolute Gasteiger partial charge is 0.304 e. The van der Waals surface area contributed by atoms with Gasteiger partial charge in [0.25, 0.3) is 0 Å². The molecule has 0 spiro atoms. The molecule has 0 aromatic carbocycles. The van der Waals surface area contributed by atoms with E-state index in [1.165, 1.54) is 0 Å². The standard InChI is InChI=1S/C13H26N2O2/c1-5-14(6-2)9-10-15(11-12(3)4)8-7-13(16)17/h3,5-11H2,1-2,4H3,(H,16,17). The number of aliphatic carboxylic acids is 1. The Balaban J connectivity index is 4.08. The molecule has 0 atom stereocenters. The average molecular weight is 242 g/mol. The molecular formula is C13H26N2O2. The number of carboxylic acids is 1. The first-order valence-corrected chi connectivity index (χ1v) is 6.30. The first-order chi connectivity index (χ1) is 7.99. The van der Waals surface area contributed by atoms with E-state index < -0.39 is 5.97 Å². The highest BCUT2D eigenvalue weighted by Crippen LogP contribution is 1.99. The second-order valence-corrected chi connectivity index (χ2v) is 4.40. The Morgan fingerprint density at radius 1 is 1.12 bits per heavy atom. The van der Waals surface area contributed by atoms with Crippen molar-refractivity contribution >= 4 is 5.97 Å². The zero-order chi connectivity index (χ0) is 13.3. The quantitative estimate of drug-likeness (QED) is 0.592. The molecule has 0 bridgehead atoms. The molecule has 4 nitrogen and oxygen atoms in total. The Morgan fingerprint density at radius 2 is 1.65 bits per heavy atom. The largest absolute Gasteiger partial charge is 0.481 e. The van der Waals surface area contributed by atoms with Gasteiger partial charge in [0.2, 0.25) is 0 Å². The lowest BCUT2D eigenvalue weighted by molar-refractivity contribution is -0.137. The first kappa shape index (κ1) is 16.1. The van der Waals surface area contributed by atoms with Crippen LogP contribution in [0.25, 0.3) is 0 Å². The van der Waals surface area contributed by atoms with Crippen LogP contribution in [0.15, 0.2) is 12.2 Å². The van der Waals surface area contributed by atoms with Gasteiger partial charge in [-0.05, 0) is 20.0 Å². The number of hydrogen-bond donors (Lipinski definition) is 1. The molecule has 0 aromatic heterocycles. The van der Waals surface area contributed by atoms with E-state index in [1.807, 2.05) is 6.92 Å². The maximum Gasteiger partial charge on any atom is 0.304 e. The van der Waals surface area contributed by atoms with Crippen LogP contribution in [0.3, 0.4) is 0 Å². The average Bonchev–Trinajstić information content (AvgIpc) is 2.26. The highest BCUT2D eigenvalue weighted by atomic mass is 16.4. The van der Waals surface area contributed by atoms with Gasteiger partial charge in [-0.2, -0.15) is 0 Å². The van der Waals surface area contributed by atoms with Crippen LogP contribution in [0.4, 0.5) is 0 Å². The molecule has 0 saturated heterocycles. The van der Waals surface area contributed by atoms with Gasteiger partial charge in [-0.25, -0.2) is 0 Å². The summed E-state index contributed by atoms with van der Waals surface area (Å²) >= 11 is 0. The number of nitrogens with zero attached hydrogens (tertiary/aromatic N) is 2. The predicted molar refractivity (Wildman–Crippen MR) is 71.3 cm³/mol. The normalized spacial score (nSPS) is 11.1. The van der Waals surface area contributed by atoms with E-state index in [0.717, 1.165) is 38.3 Å². The van der Waals surface area contributed by atoms with Gasteiger partial charge in [0.15, 0.2) is 0 Å². The molecule has 0 aliphatic heterocycles. The number of carboxylic acid groups (broad SMARTS) is 1. The molecule has 1 N–H and O–H groups in total. The second-order valence-electron chi connectivity index (χ2n) is 4.40. The van der Waals surface area contributed by atoms with Gasteiger partial charge in [-0.1, -0.05) is 26.0 Å². The Kier molecular flexibility index (Phi) is 8.72. The summed E-state index contributed by atoms with van der Waals surface area (Å²) in [5.41, 5.74) is 1.08. The third-order valence-corrected chi connectivity index (χ3v) is 2.76. The molecule has 0 saturated carbocycles. The zero-order valence-corrected chi connectivity index (χ0v) is 11.4. The van der Waals surface area contributed by atoms with E-state index >= 15 is 0 Å². The van der Waals surface area contributed by atoms with E-state index in [0.29, 0.717) is 6.54 Å². The molecule has 0 unspecified atom stereocenters. The molecule has 17 heavy (non-hydrogen) atoms. The van der Waals surface area contributed by atoms with E-state index in [1.54, 1.807) is 0 Å².